The van der Waals surface area contributed by atoms with Crippen LogP contribution in [-0.2, 0) is 9.53 Å². The first kappa shape index (κ1) is 15.8. The van der Waals surface area contributed by atoms with Gasteiger partial charge in [0.05, 0.1) is 6.61 Å². The number of rotatable bonds is 7. The van der Waals surface area contributed by atoms with E-state index in [0.29, 0.717) is 19.2 Å². The Morgan fingerprint density at radius 3 is 2.62 bits per heavy atom. The molecule has 1 amide bonds. The van der Waals surface area contributed by atoms with Crippen LogP contribution in [0.4, 0.5) is 11.4 Å². The van der Waals surface area contributed by atoms with Gasteiger partial charge in [0.1, 0.15) is 6.61 Å². The van der Waals surface area contributed by atoms with Crippen LogP contribution in [0, 0.1) is 0 Å². The molecule has 0 bridgehead atoms. The summed E-state index contributed by atoms with van der Waals surface area (Å²) in [6, 6.07) is 8.32. The van der Waals surface area contributed by atoms with Gasteiger partial charge >= 0.3 is 0 Å². The molecule has 1 atom stereocenters. The van der Waals surface area contributed by atoms with Crippen molar-refractivity contribution >= 4 is 17.3 Å². The molecule has 0 spiro atoms. The minimum atomic E-state index is 0.0197. The fraction of sp³-hybridized carbons (Fsp3) is 0.533. The van der Waals surface area contributed by atoms with Gasteiger partial charge in [0.2, 0.25) is 0 Å². The van der Waals surface area contributed by atoms with Gasteiger partial charge in [-0.25, -0.2) is 0 Å². The van der Waals surface area contributed by atoms with Gasteiger partial charge in [-0.05, 0) is 38.4 Å². The van der Waals surface area contributed by atoms with Crippen molar-refractivity contribution in [3.05, 3.63) is 24.3 Å². The summed E-state index contributed by atoms with van der Waals surface area (Å²) >= 11 is 0. The maximum absolute atomic E-state index is 11.8. The molecule has 0 radical (unpaired) electrons. The van der Waals surface area contributed by atoms with Crippen molar-refractivity contribution in [1.29, 1.82) is 0 Å². The van der Waals surface area contributed by atoms with Crippen LogP contribution in [0.3, 0.4) is 0 Å². The average molecular weight is 292 g/mol. The quantitative estimate of drug-likeness (QED) is 0.673. The Hall–Kier alpha value is -1.63. The zero-order valence-corrected chi connectivity index (χ0v) is 12.7. The Kier molecular flexibility index (Phi) is 5.98. The van der Waals surface area contributed by atoms with Gasteiger partial charge in [-0.2, -0.15) is 0 Å². The van der Waals surface area contributed by atoms with Crippen LogP contribution in [0.5, 0.6) is 0 Å². The monoisotopic (exact) mass is 292 g/mol. The summed E-state index contributed by atoms with van der Waals surface area (Å²) in [4.78, 5) is 13.5. The number of hydrogen-bond acceptors (Lipinski definition) is 5. The molecule has 1 fully saturated rings. The molecule has 1 aliphatic rings. The Bertz CT molecular complexity index is 449. The van der Waals surface area contributed by atoms with Crippen LogP contribution in [0.15, 0.2) is 24.3 Å². The van der Waals surface area contributed by atoms with Crippen molar-refractivity contribution in [2.75, 3.05) is 57.2 Å². The van der Waals surface area contributed by atoms with Gasteiger partial charge in [-0.15, -0.1) is 0 Å². The largest absolute Gasteiger partial charge is 0.383 e. The van der Waals surface area contributed by atoms with E-state index in [-0.39, 0.29) is 12.5 Å². The third kappa shape index (κ3) is 4.42. The fourth-order valence-corrected chi connectivity index (χ4v) is 2.31. The molecule has 6 heteroatoms. The number of benzene rings is 1. The number of hydrogen-bond donors (Lipinski definition) is 3. The van der Waals surface area contributed by atoms with Gasteiger partial charge in [0.25, 0.3) is 5.91 Å². The van der Waals surface area contributed by atoms with Gasteiger partial charge in [0, 0.05) is 37.1 Å². The van der Waals surface area contributed by atoms with Gasteiger partial charge < -0.3 is 25.6 Å². The molecule has 116 valence electrons. The first-order valence-electron chi connectivity index (χ1n) is 7.28. The van der Waals surface area contributed by atoms with E-state index < -0.39 is 0 Å². The number of nitrogens with zero attached hydrogens (tertiary/aromatic N) is 1. The number of morpholine rings is 1. The molecule has 1 saturated heterocycles. The predicted molar refractivity (Wildman–Crippen MR) is 84.9 cm³/mol. The summed E-state index contributed by atoms with van der Waals surface area (Å²) in [5, 5.41) is 9.79. The molecule has 0 aromatic heterocycles. The molecule has 1 unspecified atom stereocenters. The van der Waals surface area contributed by atoms with Crippen LogP contribution in [0.2, 0.25) is 0 Å². The van der Waals surface area contributed by atoms with Gasteiger partial charge in [-0.3, -0.25) is 4.79 Å². The molecule has 0 saturated carbocycles. The summed E-state index contributed by atoms with van der Waals surface area (Å²) in [7, 11) is 3.90. The smallest absolute Gasteiger partial charge is 0.253 e. The highest BCUT2D eigenvalue weighted by atomic mass is 16.5. The van der Waals surface area contributed by atoms with E-state index in [1.807, 2.05) is 38.4 Å². The molecular formula is C15H24N4O2. The van der Waals surface area contributed by atoms with E-state index in [9.17, 15) is 4.79 Å². The first-order valence-corrected chi connectivity index (χ1v) is 7.28. The van der Waals surface area contributed by atoms with Crippen LogP contribution in [-0.4, -0.2) is 58.9 Å². The highest BCUT2D eigenvalue weighted by molar-refractivity contribution is 5.94. The fourth-order valence-electron chi connectivity index (χ4n) is 2.31. The molecule has 21 heavy (non-hydrogen) atoms. The number of anilines is 2. The lowest BCUT2D eigenvalue weighted by Crippen LogP contribution is -2.41. The molecule has 0 aliphatic carbocycles. The molecule has 6 nitrogen and oxygen atoms in total. The standard InChI is InChI=1S/C15H24N4O2/c1-16-9-13(17-2)10-18-12-3-5-14(6-4-12)19-7-8-21-11-15(19)20/h3-6,13,16-18H,7-11H2,1-2H3. The van der Waals surface area contributed by atoms with Gasteiger partial charge in [-0.1, -0.05) is 0 Å². The molecular weight excluding hydrogens is 268 g/mol. The van der Waals surface area contributed by atoms with E-state index in [2.05, 4.69) is 16.0 Å². The van der Waals surface area contributed by atoms with E-state index in [1.54, 1.807) is 4.90 Å². The van der Waals surface area contributed by atoms with Crippen LogP contribution < -0.4 is 20.9 Å². The number of nitrogens with one attached hydrogen (secondary N) is 3. The Balaban J connectivity index is 1.91. The van der Waals surface area contributed by atoms with Crippen LogP contribution in [0.1, 0.15) is 0 Å². The lowest BCUT2D eigenvalue weighted by Gasteiger charge is -2.27. The maximum atomic E-state index is 11.8. The van der Waals surface area contributed by atoms with Crippen LogP contribution >= 0.6 is 0 Å². The second-order valence-electron chi connectivity index (χ2n) is 5.07. The first-order chi connectivity index (χ1) is 10.2. The van der Waals surface area contributed by atoms with E-state index in [0.717, 1.165) is 24.5 Å². The summed E-state index contributed by atoms with van der Waals surface area (Å²) < 4.78 is 5.14. The molecule has 1 aromatic carbocycles. The van der Waals surface area contributed by atoms with Crippen molar-refractivity contribution in [1.82, 2.24) is 10.6 Å². The highest BCUT2D eigenvalue weighted by Crippen LogP contribution is 2.19. The van der Waals surface area contributed by atoms with Gasteiger partial charge in [0.15, 0.2) is 0 Å². The highest BCUT2D eigenvalue weighted by Gasteiger charge is 2.19. The normalized spacial score (nSPS) is 16.9. The van der Waals surface area contributed by atoms with Crippen molar-refractivity contribution in [3.63, 3.8) is 0 Å². The predicted octanol–water partition coefficient (Wildman–Crippen LogP) is 0.269. The number of likely N-dealkylation sites (N-methyl/N-ethyl adjacent to an activating group) is 2. The summed E-state index contributed by atoms with van der Waals surface area (Å²) in [5.41, 5.74) is 1.98. The number of carbonyl (C=O) groups is 1. The lowest BCUT2D eigenvalue weighted by molar-refractivity contribution is -0.125. The maximum Gasteiger partial charge on any atom is 0.253 e. The number of ether oxygens (including phenoxy) is 1. The van der Waals surface area contributed by atoms with Crippen molar-refractivity contribution in [2.45, 2.75) is 6.04 Å². The Morgan fingerprint density at radius 1 is 1.24 bits per heavy atom. The third-order valence-electron chi connectivity index (χ3n) is 3.58. The zero-order valence-electron chi connectivity index (χ0n) is 12.7. The van der Waals surface area contributed by atoms with E-state index in [1.165, 1.54) is 0 Å². The topological polar surface area (TPSA) is 65.6 Å². The van der Waals surface area contributed by atoms with E-state index >= 15 is 0 Å². The van der Waals surface area contributed by atoms with Crippen molar-refractivity contribution in [3.8, 4) is 0 Å². The van der Waals surface area contributed by atoms with Crippen molar-refractivity contribution in [2.24, 2.45) is 0 Å². The zero-order chi connectivity index (χ0) is 15.1. The minimum Gasteiger partial charge on any atom is -0.383 e. The van der Waals surface area contributed by atoms with Crippen LogP contribution in [0.25, 0.3) is 0 Å². The summed E-state index contributed by atoms with van der Waals surface area (Å²) in [5.74, 6) is 0.0197. The molecule has 1 heterocycles. The minimum absolute atomic E-state index is 0.0197. The number of carbonyl (C=O) groups excluding carboxylic acids is 1. The second kappa shape index (κ2) is 7.97. The summed E-state index contributed by atoms with van der Waals surface area (Å²) in [6.07, 6.45) is 0. The van der Waals surface area contributed by atoms with Crippen molar-refractivity contribution < 1.29 is 9.53 Å². The Labute approximate surface area is 125 Å². The number of amides is 1. The SMILES string of the molecule is CNCC(CNc1ccc(N2CCOCC2=O)cc1)NC. The molecule has 1 aliphatic heterocycles. The second-order valence-corrected chi connectivity index (χ2v) is 5.07. The average Bonchev–Trinajstić information content (AvgIpc) is 2.52. The molecule has 3 N–H and O–H groups in total. The third-order valence-corrected chi connectivity index (χ3v) is 3.58. The molecule has 2 rings (SSSR count). The van der Waals surface area contributed by atoms with E-state index in [4.69, 9.17) is 4.74 Å². The lowest BCUT2D eigenvalue weighted by atomic mass is 10.2. The molecule has 1 aromatic rings. The summed E-state index contributed by atoms with van der Waals surface area (Å²) in [6.45, 7) is 3.14. The Morgan fingerprint density at radius 2 is 2.00 bits per heavy atom.